The zero-order chi connectivity index (χ0) is 18.7. The predicted octanol–water partition coefficient (Wildman–Crippen LogP) is 1.98. The lowest BCUT2D eigenvalue weighted by Gasteiger charge is -2.15. The minimum absolute atomic E-state index is 0.0412. The molecule has 3 amide bonds. The van der Waals surface area contributed by atoms with Gasteiger partial charge in [0.25, 0.3) is 0 Å². The van der Waals surface area contributed by atoms with Crippen LogP contribution in [0.2, 0.25) is 0 Å². The Kier molecular flexibility index (Phi) is 5.25. The van der Waals surface area contributed by atoms with Crippen molar-refractivity contribution >= 4 is 23.4 Å². The first-order chi connectivity index (χ1) is 12.5. The van der Waals surface area contributed by atoms with Crippen molar-refractivity contribution in [1.82, 2.24) is 4.90 Å². The van der Waals surface area contributed by atoms with Gasteiger partial charge in [0, 0.05) is 19.0 Å². The van der Waals surface area contributed by atoms with Crippen molar-refractivity contribution in [3.8, 4) is 11.5 Å². The van der Waals surface area contributed by atoms with Crippen molar-refractivity contribution in [2.75, 3.05) is 26.1 Å². The molecule has 1 aromatic rings. The first kappa shape index (κ1) is 18.0. The highest BCUT2D eigenvalue weighted by Gasteiger charge is 2.46. The third-order valence-corrected chi connectivity index (χ3v) is 4.84. The lowest BCUT2D eigenvalue weighted by Crippen LogP contribution is -2.34. The maximum Gasteiger partial charge on any atom is 0.233 e. The number of allylic oxidation sites excluding steroid dienone is 2. The molecule has 0 unspecified atom stereocenters. The van der Waals surface area contributed by atoms with Gasteiger partial charge >= 0.3 is 0 Å². The third-order valence-electron chi connectivity index (χ3n) is 4.84. The quantitative estimate of drug-likeness (QED) is 0.621. The Morgan fingerprint density at radius 2 is 1.77 bits per heavy atom. The van der Waals surface area contributed by atoms with Crippen molar-refractivity contribution in [2.24, 2.45) is 11.8 Å². The zero-order valence-electron chi connectivity index (χ0n) is 14.9. The molecule has 1 aliphatic carbocycles. The van der Waals surface area contributed by atoms with Crippen LogP contribution in [0, 0.1) is 11.8 Å². The molecule has 1 N–H and O–H groups in total. The summed E-state index contributed by atoms with van der Waals surface area (Å²) < 4.78 is 10.4. The van der Waals surface area contributed by atoms with E-state index in [1.807, 2.05) is 12.2 Å². The zero-order valence-corrected chi connectivity index (χ0v) is 14.9. The second kappa shape index (κ2) is 7.59. The number of ether oxygens (including phenoxy) is 2. The van der Waals surface area contributed by atoms with Crippen molar-refractivity contribution < 1.29 is 23.9 Å². The Labute approximate surface area is 151 Å². The number of benzene rings is 1. The number of fused-ring (bicyclic) bond motifs is 1. The SMILES string of the molecule is COc1ccc(NC(=O)CCN2C(=O)[C@H]3CC=CC[C@@H]3C2=O)c(OC)c1. The average molecular weight is 358 g/mol. The molecule has 0 saturated carbocycles. The number of methoxy groups -OCH3 is 2. The molecule has 0 spiro atoms. The molecule has 2 atom stereocenters. The molecule has 3 rings (SSSR count). The van der Waals surface area contributed by atoms with Gasteiger partial charge in [-0.25, -0.2) is 0 Å². The number of amides is 3. The summed E-state index contributed by atoms with van der Waals surface area (Å²) in [6, 6.07) is 5.06. The fourth-order valence-electron chi connectivity index (χ4n) is 3.42. The lowest BCUT2D eigenvalue weighted by molar-refractivity contribution is -0.140. The first-order valence-corrected chi connectivity index (χ1v) is 8.57. The van der Waals surface area contributed by atoms with Gasteiger partial charge in [-0.15, -0.1) is 0 Å². The number of rotatable bonds is 6. The molecule has 0 bridgehead atoms. The van der Waals surface area contributed by atoms with E-state index < -0.39 is 0 Å². The second-order valence-corrected chi connectivity index (χ2v) is 6.35. The van der Waals surface area contributed by atoms with Crippen molar-refractivity contribution in [1.29, 1.82) is 0 Å². The Morgan fingerprint density at radius 3 is 2.35 bits per heavy atom. The molecule has 26 heavy (non-hydrogen) atoms. The standard InChI is InChI=1S/C19H22N2O5/c1-25-12-7-8-15(16(11-12)26-2)20-17(22)9-10-21-18(23)13-5-3-4-6-14(13)19(21)24/h3-4,7-8,11,13-14H,5-6,9-10H2,1-2H3,(H,20,22)/t13-,14-/m0/s1. The molecule has 0 radical (unpaired) electrons. The summed E-state index contributed by atoms with van der Waals surface area (Å²) >= 11 is 0. The maximum atomic E-state index is 12.4. The topological polar surface area (TPSA) is 84.9 Å². The van der Waals surface area contributed by atoms with Gasteiger partial charge < -0.3 is 14.8 Å². The maximum absolute atomic E-state index is 12.4. The fourth-order valence-corrected chi connectivity index (χ4v) is 3.42. The highest BCUT2D eigenvalue weighted by Crippen LogP contribution is 2.35. The molecule has 7 nitrogen and oxygen atoms in total. The summed E-state index contributed by atoms with van der Waals surface area (Å²) in [4.78, 5) is 38.3. The number of hydrogen-bond donors (Lipinski definition) is 1. The Morgan fingerprint density at radius 1 is 1.12 bits per heavy atom. The van der Waals surface area contributed by atoms with Crippen LogP contribution in [0.15, 0.2) is 30.4 Å². The van der Waals surface area contributed by atoms with Gasteiger partial charge in [0.05, 0.1) is 31.7 Å². The average Bonchev–Trinajstić information content (AvgIpc) is 2.91. The molecule has 1 aliphatic heterocycles. The monoisotopic (exact) mass is 358 g/mol. The van der Waals surface area contributed by atoms with Gasteiger partial charge in [0.1, 0.15) is 11.5 Å². The van der Waals surface area contributed by atoms with Crippen molar-refractivity contribution in [3.63, 3.8) is 0 Å². The van der Waals surface area contributed by atoms with E-state index in [0.29, 0.717) is 30.0 Å². The van der Waals surface area contributed by atoms with Gasteiger partial charge in [0.2, 0.25) is 17.7 Å². The number of imide groups is 1. The van der Waals surface area contributed by atoms with Crippen LogP contribution in [0.25, 0.3) is 0 Å². The van der Waals surface area contributed by atoms with E-state index in [1.165, 1.54) is 12.0 Å². The minimum atomic E-state index is -0.290. The van der Waals surface area contributed by atoms with Crippen LogP contribution >= 0.6 is 0 Å². The van der Waals surface area contributed by atoms with Gasteiger partial charge in [-0.05, 0) is 25.0 Å². The molecule has 2 aliphatic rings. The molecular formula is C19H22N2O5. The number of likely N-dealkylation sites (tertiary alicyclic amines) is 1. The van der Waals surface area contributed by atoms with Crippen LogP contribution < -0.4 is 14.8 Å². The molecule has 1 aromatic carbocycles. The molecule has 0 aromatic heterocycles. The molecule has 138 valence electrons. The first-order valence-electron chi connectivity index (χ1n) is 8.57. The van der Waals surface area contributed by atoms with Crippen LogP contribution in [0.3, 0.4) is 0 Å². The van der Waals surface area contributed by atoms with Crippen LogP contribution in [-0.4, -0.2) is 43.4 Å². The van der Waals surface area contributed by atoms with Crippen molar-refractivity contribution in [3.05, 3.63) is 30.4 Å². The van der Waals surface area contributed by atoms with Crippen LogP contribution in [0.1, 0.15) is 19.3 Å². The lowest BCUT2D eigenvalue weighted by atomic mass is 9.85. The van der Waals surface area contributed by atoms with E-state index >= 15 is 0 Å². The van der Waals surface area contributed by atoms with E-state index in [9.17, 15) is 14.4 Å². The molecule has 1 heterocycles. The number of nitrogens with zero attached hydrogens (tertiary/aromatic N) is 1. The Balaban J connectivity index is 1.60. The third kappa shape index (κ3) is 3.42. The molecule has 1 fully saturated rings. The minimum Gasteiger partial charge on any atom is -0.497 e. The Hall–Kier alpha value is -2.83. The normalized spacial score (nSPS) is 21.5. The van der Waals surface area contributed by atoms with E-state index in [2.05, 4.69) is 5.32 Å². The predicted molar refractivity (Wildman–Crippen MR) is 94.9 cm³/mol. The molecule has 1 saturated heterocycles. The van der Waals surface area contributed by atoms with E-state index in [-0.39, 0.29) is 42.5 Å². The number of hydrogen-bond acceptors (Lipinski definition) is 5. The summed E-state index contributed by atoms with van der Waals surface area (Å²) in [5.41, 5.74) is 0.509. The van der Waals surface area contributed by atoms with E-state index in [4.69, 9.17) is 9.47 Å². The highest BCUT2D eigenvalue weighted by atomic mass is 16.5. The number of nitrogens with one attached hydrogen (secondary N) is 1. The van der Waals surface area contributed by atoms with Crippen LogP contribution in [0.4, 0.5) is 5.69 Å². The van der Waals surface area contributed by atoms with Gasteiger partial charge in [-0.3, -0.25) is 19.3 Å². The van der Waals surface area contributed by atoms with Gasteiger partial charge in [-0.2, -0.15) is 0 Å². The number of carbonyl (C=O) groups is 3. The number of carbonyl (C=O) groups excluding carboxylic acids is 3. The van der Waals surface area contributed by atoms with E-state index in [0.717, 1.165) is 0 Å². The van der Waals surface area contributed by atoms with Crippen LogP contribution in [0.5, 0.6) is 11.5 Å². The smallest absolute Gasteiger partial charge is 0.233 e. The summed E-state index contributed by atoms with van der Waals surface area (Å²) in [7, 11) is 3.05. The van der Waals surface area contributed by atoms with Gasteiger partial charge in [0.15, 0.2) is 0 Å². The summed E-state index contributed by atoms with van der Waals surface area (Å²) in [5.74, 6) is -0.0673. The second-order valence-electron chi connectivity index (χ2n) is 6.35. The Bertz CT molecular complexity index is 732. The van der Waals surface area contributed by atoms with Crippen molar-refractivity contribution in [2.45, 2.75) is 19.3 Å². The highest BCUT2D eigenvalue weighted by molar-refractivity contribution is 6.06. The summed E-state index contributed by atoms with van der Waals surface area (Å²) in [6.07, 6.45) is 5.12. The largest absolute Gasteiger partial charge is 0.497 e. The summed E-state index contributed by atoms with van der Waals surface area (Å²) in [5, 5.41) is 2.75. The summed E-state index contributed by atoms with van der Waals surface area (Å²) in [6.45, 7) is 0.0922. The fraction of sp³-hybridized carbons (Fsp3) is 0.421. The van der Waals surface area contributed by atoms with E-state index in [1.54, 1.807) is 25.3 Å². The van der Waals surface area contributed by atoms with Crippen LogP contribution in [-0.2, 0) is 14.4 Å². The van der Waals surface area contributed by atoms with Gasteiger partial charge in [-0.1, -0.05) is 12.2 Å². The number of anilines is 1. The molecular weight excluding hydrogens is 336 g/mol. The molecule has 7 heteroatoms.